The van der Waals surface area contributed by atoms with Gasteiger partial charge in [-0.2, -0.15) is 0 Å². The molecule has 1 aliphatic rings. The van der Waals surface area contributed by atoms with E-state index >= 15 is 0 Å². The first-order chi connectivity index (χ1) is 12.9. The lowest BCUT2D eigenvalue weighted by molar-refractivity contribution is 0.0658. The van der Waals surface area contributed by atoms with Crippen molar-refractivity contribution in [3.63, 3.8) is 0 Å². The Morgan fingerprint density at radius 2 is 1.67 bits per heavy atom. The van der Waals surface area contributed by atoms with Crippen LogP contribution < -0.4 is 9.64 Å². The van der Waals surface area contributed by atoms with Crippen molar-refractivity contribution in [2.75, 3.05) is 44.2 Å². The molecule has 0 spiro atoms. The maximum absolute atomic E-state index is 13.9. The molecule has 5 heteroatoms. The van der Waals surface area contributed by atoms with E-state index in [1.54, 1.807) is 6.07 Å². The van der Waals surface area contributed by atoms with Gasteiger partial charge in [0.05, 0.1) is 5.69 Å². The van der Waals surface area contributed by atoms with Gasteiger partial charge in [-0.3, -0.25) is 4.90 Å². The standard InChI is InChI=1S/C22H29FN2O2/c1-16-12-17(2)22(18(3)13-16)27-15-19(26)14-24-8-10-25(11-9-24)21-7-5-4-6-20(21)23/h4-7,12-13,19,26H,8-11,14-15H2,1-3H3/t19-/m1/s1. The SMILES string of the molecule is Cc1cc(C)c(OC[C@H](O)CN2CCN(c3ccccc3F)CC2)c(C)c1. The van der Waals surface area contributed by atoms with Gasteiger partial charge in [-0.05, 0) is 44.0 Å². The molecule has 1 aliphatic heterocycles. The Morgan fingerprint density at radius 3 is 2.30 bits per heavy atom. The third kappa shape index (κ3) is 4.99. The van der Waals surface area contributed by atoms with Gasteiger partial charge in [0.25, 0.3) is 0 Å². The maximum atomic E-state index is 13.9. The fourth-order valence-electron chi connectivity index (χ4n) is 3.80. The molecular formula is C22H29FN2O2. The van der Waals surface area contributed by atoms with E-state index in [1.807, 2.05) is 26.0 Å². The minimum atomic E-state index is -0.551. The van der Waals surface area contributed by atoms with Crippen LogP contribution in [0.3, 0.4) is 0 Å². The molecule has 0 aromatic heterocycles. The van der Waals surface area contributed by atoms with E-state index in [0.717, 1.165) is 43.1 Å². The second-order valence-electron chi connectivity index (χ2n) is 7.43. The summed E-state index contributed by atoms with van der Waals surface area (Å²) in [7, 11) is 0. The van der Waals surface area contributed by atoms with Gasteiger partial charge in [-0.1, -0.05) is 29.8 Å². The lowest BCUT2D eigenvalue weighted by Gasteiger charge is -2.37. The molecule has 4 nitrogen and oxygen atoms in total. The fourth-order valence-corrected chi connectivity index (χ4v) is 3.80. The zero-order valence-corrected chi connectivity index (χ0v) is 16.4. The van der Waals surface area contributed by atoms with Crippen molar-refractivity contribution in [2.24, 2.45) is 0 Å². The van der Waals surface area contributed by atoms with Crippen LogP contribution in [0.1, 0.15) is 16.7 Å². The zero-order chi connectivity index (χ0) is 19.4. The molecule has 1 heterocycles. The molecule has 0 aliphatic carbocycles. The van der Waals surface area contributed by atoms with Gasteiger partial charge in [0.1, 0.15) is 24.3 Å². The fraction of sp³-hybridized carbons (Fsp3) is 0.455. The number of aliphatic hydroxyl groups is 1. The number of hydrogen-bond acceptors (Lipinski definition) is 4. The van der Waals surface area contributed by atoms with E-state index in [0.29, 0.717) is 12.2 Å². The van der Waals surface area contributed by atoms with Crippen molar-refractivity contribution in [1.29, 1.82) is 0 Å². The number of aliphatic hydroxyl groups excluding tert-OH is 1. The average Bonchev–Trinajstić information content (AvgIpc) is 2.62. The largest absolute Gasteiger partial charge is 0.490 e. The Labute approximate surface area is 161 Å². The van der Waals surface area contributed by atoms with Crippen molar-refractivity contribution in [2.45, 2.75) is 26.9 Å². The summed E-state index contributed by atoms with van der Waals surface area (Å²) in [5.74, 6) is 0.687. The summed E-state index contributed by atoms with van der Waals surface area (Å²) in [6, 6.07) is 11.1. The zero-order valence-electron chi connectivity index (χ0n) is 16.4. The molecular weight excluding hydrogens is 343 g/mol. The number of benzene rings is 2. The average molecular weight is 372 g/mol. The van der Waals surface area contributed by atoms with Crippen molar-refractivity contribution in [3.05, 3.63) is 58.9 Å². The minimum Gasteiger partial charge on any atom is -0.490 e. The monoisotopic (exact) mass is 372 g/mol. The lowest BCUT2D eigenvalue weighted by Crippen LogP contribution is -2.49. The van der Waals surface area contributed by atoms with Crippen LogP contribution in [0.4, 0.5) is 10.1 Å². The Kier molecular flexibility index (Phi) is 6.34. The molecule has 27 heavy (non-hydrogen) atoms. The quantitative estimate of drug-likeness (QED) is 0.844. The van der Waals surface area contributed by atoms with E-state index in [1.165, 1.54) is 11.6 Å². The Morgan fingerprint density at radius 1 is 1.04 bits per heavy atom. The van der Waals surface area contributed by atoms with Crippen molar-refractivity contribution >= 4 is 5.69 Å². The molecule has 1 saturated heterocycles. The molecule has 146 valence electrons. The van der Waals surface area contributed by atoms with E-state index < -0.39 is 6.10 Å². The number of para-hydroxylation sites is 1. The third-order valence-corrected chi connectivity index (χ3v) is 5.06. The topological polar surface area (TPSA) is 35.9 Å². The first-order valence-corrected chi connectivity index (χ1v) is 9.54. The molecule has 1 atom stereocenters. The van der Waals surface area contributed by atoms with Crippen LogP contribution in [0, 0.1) is 26.6 Å². The van der Waals surface area contributed by atoms with Crippen LogP contribution in [0.5, 0.6) is 5.75 Å². The highest BCUT2D eigenvalue weighted by molar-refractivity contribution is 5.48. The van der Waals surface area contributed by atoms with Crippen molar-refractivity contribution in [1.82, 2.24) is 4.90 Å². The molecule has 1 N–H and O–H groups in total. The van der Waals surface area contributed by atoms with Crippen LogP contribution in [-0.4, -0.2) is 55.4 Å². The van der Waals surface area contributed by atoms with E-state index in [9.17, 15) is 9.50 Å². The number of rotatable bonds is 6. The van der Waals surface area contributed by atoms with Gasteiger partial charge in [-0.15, -0.1) is 0 Å². The second kappa shape index (κ2) is 8.72. The molecule has 0 bridgehead atoms. The highest BCUT2D eigenvalue weighted by Crippen LogP contribution is 2.25. The third-order valence-electron chi connectivity index (χ3n) is 5.06. The van der Waals surface area contributed by atoms with Gasteiger partial charge in [0, 0.05) is 32.7 Å². The van der Waals surface area contributed by atoms with Crippen molar-refractivity contribution in [3.8, 4) is 5.75 Å². The predicted octanol–water partition coefficient (Wildman–Crippen LogP) is 3.31. The normalized spacial score (nSPS) is 16.4. The Balaban J connectivity index is 1.47. The number of aryl methyl sites for hydroxylation is 3. The van der Waals surface area contributed by atoms with Gasteiger partial charge < -0.3 is 14.7 Å². The highest BCUT2D eigenvalue weighted by Gasteiger charge is 2.21. The molecule has 1 fully saturated rings. The summed E-state index contributed by atoms with van der Waals surface area (Å²) in [6.07, 6.45) is -0.551. The number of hydrogen-bond donors (Lipinski definition) is 1. The van der Waals surface area contributed by atoms with Crippen LogP contribution in [0.15, 0.2) is 36.4 Å². The number of piperazine rings is 1. The van der Waals surface area contributed by atoms with Gasteiger partial charge in [0.2, 0.25) is 0 Å². The molecule has 2 aromatic rings. The van der Waals surface area contributed by atoms with E-state index in [2.05, 4.69) is 28.9 Å². The molecule has 0 saturated carbocycles. The van der Waals surface area contributed by atoms with E-state index in [4.69, 9.17) is 4.74 Å². The first-order valence-electron chi connectivity index (χ1n) is 9.54. The molecule has 2 aromatic carbocycles. The van der Waals surface area contributed by atoms with Crippen molar-refractivity contribution < 1.29 is 14.2 Å². The summed E-state index contributed by atoms with van der Waals surface area (Å²) in [5.41, 5.74) is 4.06. The molecule has 0 amide bonds. The number of β-amino-alcohol motifs (C(OH)–C–C–N with tert-alkyl or cyclic N) is 1. The van der Waals surface area contributed by atoms with Crippen LogP contribution in [-0.2, 0) is 0 Å². The number of halogens is 1. The van der Waals surface area contributed by atoms with Crippen LogP contribution >= 0.6 is 0 Å². The predicted molar refractivity (Wildman–Crippen MR) is 107 cm³/mol. The molecule has 0 unspecified atom stereocenters. The smallest absolute Gasteiger partial charge is 0.146 e. The van der Waals surface area contributed by atoms with Crippen LogP contribution in [0.25, 0.3) is 0 Å². The van der Waals surface area contributed by atoms with Gasteiger partial charge in [-0.25, -0.2) is 4.39 Å². The first kappa shape index (κ1) is 19.6. The Hall–Kier alpha value is -2.11. The lowest BCUT2D eigenvalue weighted by atomic mass is 10.1. The summed E-state index contributed by atoms with van der Waals surface area (Å²) >= 11 is 0. The van der Waals surface area contributed by atoms with Gasteiger partial charge >= 0.3 is 0 Å². The minimum absolute atomic E-state index is 0.178. The van der Waals surface area contributed by atoms with Crippen LogP contribution in [0.2, 0.25) is 0 Å². The molecule has 3 rings (SSSR count). The van der Waals surface area contributed by atoms with Gasteiger partial charge in [0.15, 0.2) is 0 Å². The van der Waals surface area contributed by atoms with E-state index in [-0.39, 0.29) is 12.4 Å². The number of nitrogens with zero attached hydrogens (tertiary/aromatic N) is 2. The summed E-state index contributed by atoms with van der Waals surface area (Å²) in [4.78, 5) is 4.27. The highest BCUT2D eigenvalue weighted by atomic mass is 19.1. The Bertz CT molecular complexity index is 750. The summed E-state index contributed by atoms with van der Waals surface area (Å²) in [6.45, 7) is 10.1. The maximum Gasteiger partial charge on any atom is 0.146 e. The number of anilines is 1. The molecule has 0 radical (unpaired) electrons. The summed E-state index contributed by atoms with van der Waals surface area (Å²) < 4.78 is 19.8. The second-order valence-corrected chi connectivity index (χ2v) is 7.43. The number of ether oxygens (including phenoxy) is 1. The summed E-state index contributed by atoms with van der Waals surface area (Å²) in [5, 5.41) is 10.4.